The summed E-state index contributed by atoms with van der Waals surface area (Å²) in [6.45, 7) is 0.544. The van der Waals surface area contributed by atoms with Gasteiger partial charge in [-0.25, -0.2) is 9.79 Å². The fraction of sp³-hybridized carbons (Fsp3) is 0.360. The van der Waals surface area contributed by atoms with Crippen molar-refractivity contribution in [1.29, 1.82) is 0 Å². The van der Waals surface area contributed by atoms with Crippen LogP contribution in [-0.4, -0.2) is 35.7 Å². The van der Waals surface area contributed by atoms with Gasteiger partial charge in [-0.15, -0.1) is 0 Å². The number of para-hydroxylation sites is 1. The summed E-state index contributed by atoms with van der Waals surface area (Å²) in [6.07, 6.45) is 8.10. The molecule has 6 heteroatoms. The van der Waals surface area contributed by atoms with Crippen LogP contribution in [0.1, 0.15) is 43.2 Å². The molecule has 1 fully saturated rings. The highest BCUT2D eigenvalue weighted by atomic mass is 16.6. The molecule has 160 valence electrons. The number of nitrogens with one attached hydrogen (secondary N) is 2. The number of benzene rings is 2. The number of hydrogen-bond donors (Lipinski definition) is 2. The quantitative estimate of drug-likeness (QED) is 0.615. The fourth-order valence-electron chi connectivity index (χ4n) is 4.47. The van der Waals surface area contributed by atoms with Crippen molar-refractivity contribution in [2.24, 2.45) is 4.99 Å². The van der Waals surface area contributed by atoms with Crippen LogP contribution in [0.4, 0.5) is 4.79 Å². The lowest BCUT2D eigenvalue weighted by atomic mass is 9.96. The number of hydrogen-bond acceptors (Lipinski definition) is 4. The molecule has 1 atom stereocenters. The molecule has 2 aromatic carbocycles. The standard InChI is InChI=1S/C25H27N3O3/c29-25(28-19-8-2-1-3-9-19)31-21-10-6-7-17(14-21)24-27-20(16-30-24)13-18-15-26-23-12-5-4-11-22(18)23/h4-7,10-12,14-15,19-20,26H,1-3,8-9,13,16H2,(H,28,29)/t20-/m0/s1. The maximum atomic E-state index is 12.3. The Hall–Kier alpha value is -3.28. The van der Waals surface area contributed by atoms with E-state index < -0.39 is 6.09 Å². The van der Waals surface area contributed by atoms with Gasteiger partial charge in [0.05, 0.1) is 6.04 Å². The summed E-state index contributed by atoms with van der Waals surface area (Å²) in [5.41, 5.74) is 3.20. The van der Waals surface area contributed by atoms with Crippen molar-refractivity contribution in [2.45, 2.75) is 50.6 Å². The van der Waals surface area contributed by atoms with E-state index in [0.29, 0.717) is 18.3 Å². The number of H-pyrrole nitrogens is 1. The van der Waals surface area contributed by atoms with E-state index in [0.717, 1.165) is 43.2 Å². The lowest BCUT2D eigenvalue weighted by Gasteiger charge is -2.22. The number of rotatable bonds is 5. The normalized spacial score (nSPS) is 19.1. The minimum atomic E-state index is -0.393. The molecule has 1 amide bonds. The number of ether oxygens (including phenoxy) is 2. The van der Waals surface area contributed by atoms with Gasteiger partial charge in [0.15, 0.2) is 0 Å². The molecule has 5 rings (SSSR count). The second-order valence-corrected chi connectivity index (χ2v) is 8.36. The molecule has 0 saturated heterocycles. The number of fused-ring (bicyclic) bond motifs is 1. The van der Waals surface area contributed by atoms with Crippen LogP contribution in [0.2, 0.25) is 0 Å². The molecule has 6 nitrogen and oxygen atoms in total. The number of carbonyl (C=O) groups excluding carboxylic acids is 1. The topological polar surface area (TPSA) is 75.7 Å². The van der Waals surface area contributed by atoms with Crippen LogP contribution in [0.3, 0.4) is 0 Å². The first-order chi connectivity index (χ1) is 15.2. The summed E-state index contributed by atoms with van der Waals surface area (Å²) in [5.74, 6) is 1.10. The summed E-state index contributed by atoms with van der Waals surface area (Å²) in [5, 5.41) is 4.20. The van der Waals surface area contributed by atoms with Crippen LogP contribution in [0.25, 0.3) is 10.9 Å². The Balaban J connectivity index is 1.23. The first kappa shape index (κ1) is 19.7. The minimum Gasteiger partial charge on any atom is -0.475 e. The number of aromatic amines is 1. The Morgan fingerprint density at radius 2 is 2.00 bits per heavy atom. The van der Waals surface area contributed by atoms with Crippen molar-refractivity contribution in [3.8, 4) is 5.75 Å². The molecule has 2 heterocycles. The number of aromatic nitrogens is 1. The average Bonchev–Trinajstić information content (AvgIpc) is 3.42. The zero-order chi connectivity index (χ0) is 21.0. The number of nitrogens with zero attached hydrogens (tertiary/aromatic N) is 1. The molecule has 0 spiro atoms. The third-order valence-electron chi connectivity index (χ3n) is 6.06. The summed E-state index contributed by atoms with van der Waals surface area (Å²) >= 11 is 0. The van der Waals surface area contributed by atoms with Crippen LogP contribution in [0.5, 0.6) is 5.75 Å². The van der Waals surface area contributed by atoms with Crippen LogP contribution in [0.15, 0.2) is 59.7 Å². The molecule has 2 aliphatic rings. The monoisotopic (exact) mass is 417 g/mol. The molecule has 0 bridgehead atoms. The van der Waals surface area contributed by atoms with Crippen molar-refractivity contribution in [2.75, 3.05) is 6.61 Å². The molecule has 1 aliphatic heterocycles. The summed E-state index contributed by atoms with van der Waals surface area (Å²) in [4.78, 5) is 20.3. The van der Waals surface area contributed by atoms with E-state index in [9.17, 15) is 4.79 Å². The number of aliphatic imine (C=N–C) groups is 1. The number of amides is 1. The largest absolute Gasteiger partial charge is 0.475 e. The predicted molar refractivity (Wildman–Crippen MR) is 121 cm³/mol. The second-order valence-electron chi connectivity index (χ2n) is 8.36. The van der Waals surface area contributed by atoms with Crippen LogP contribution in [0, 0.1) is 0 Å². The first-order valence-electron chi connectivity index (χ1n) is 11.1. The Bertz CT molecular complexity index is 1100. The van der Waals surface area contributed by atoms with Crippen molar-refractivity contribution in [3.05, 3.63) is 65.9 Å². The zero-order valence-corrected chi connectivity index (χ0v) is 17.5. The highest BCUT2D eigenvalue weighted by molar-refractivity contribution is 5.95. The number of carbonyl (C=O) groups is 1. The second kappa shape index (κ2) is 8.84. The molecule has 1 aromatic heterocycles. The van der Waals surface area contributed by atoms with Gasteiger partial charge in [0, 0.05) is 35.1 Å². The Morgan fingerprint density at radius 3 is 2.90 bits per heavy atom. The third kappa shape index (κ3) is 4.58. The van der Waals surface area contributed by atoms with Gasteiger partial charge >= 0.3 is 6.09 Å². The molecule has 0 unspecified atom stereocenters. The van der Waals surface area contributed by atoms with Gasteiger partial charge in [-0.05, 0) is 42.7 Å². The molecule has 31 heavy (non-hydrogen) atoms. The first-order valence-corrected chi connectivity index (χ1v) is 11.1. The molecular weight excluding hydrogens is 390 g/mol. The van der Waals surface area contributed by atoms with Gasteiger partial charge in [-0.1, -0.05) is 43.5 Å². The molecule has 2 N–H and O–H groups in total. The maximum Gasteiger partial charge on any atom is 0.412 e. The molecule has 1 saturated carbocycles. The van der Waals surface area contributed by atoms with Gasteiger partial charge in [0.1, 0.15) is 12.4 Å². The Kier molecular flexibility index (Phi) is 5.61. The molecular formula is C25H27N3O3. The lowest BCUT2D eigenvalue weighted by molar-refractivity contribution is 0.192. The van der Waals surface area contributed by atoms with Crippen molar-refractivity contribution < 1.29 is 14.3 Å². The van der Waals surface area contributed by atoms with E-state index in [4.69, 9.17) is 14.5 Å². The van der Waals surface area contributed by atoms with Crippen molar-refractivity contribution >= 4 is 22.9 Å². The Morgan fingerprint density at radius 1 is 1.13 bits per heavy atom. The van der Waals surface area contributed by atoms with E-state index in [1.165, 1.54) is 17.4 Å². The fourth-order valence-corrected chi connectivity index (χ4v) is 4.47. The molecule has 1 aliphatic carbocycles. The van der Waals surface area contributed by atoms with Crippen LogP contribution < -0.4 is 10.1 Å². The smallest absolute Gasteiger partial charge is 0.412 e. The molecule has 0 radical (unpaired) electrons. The van der Waals surface area contributed by atoms with Crippen LogP contribution >= 0.6 is 0 Å². The van der Waals surface area contributed by atoms with E-state index in [-0.39, 0.29) is 12.1 Å². The Labute approximate surface area is 181 Å². The SMILES string of the molecule is O=C(NC1CCCCC1)Oc1cccc(C2=N[C@@H](Cc3c[nH]c4ccccc34)CO2)c1. The summed E-state index contributed by atoms with van der Waals surface area (Å²) in [6, 6.07) is 15.9. The maximum absolute atomic E-state index is 12.3. The van der Waals surface area contributed by atoms with E-state index in [2.05, 4.69) is 34.7 Å². The van der Waals surface area contributed by atoms with Crippen LogP contribution in [-0.2, 0) is 11.2 Å². The zero-order valence-electron chi connectivity index (χ0n) is 17.5. The summed E-state index contributed by atoms with van der Waals surface area (Å²) in [7, 11) is 0. The van der Waals surface area contributed by atoms with Crippen molar-refractivity contribution in [3.63, 3.8) is 0 Å². The van der Waals surface area contributed by atoms with E-state index in [1.807, 2.05) is 24.3 Å². The average molecular weight is 418 g/mol. The highest BCUT2D eigenvalue weighted by Crippen LogP contribution is 2.24. The van der Waals surface area contributed by atoms with Gasteiger partial charge in [0.2, 0.25) is 5.90 Å². The van der Waals surface area contributed by atoms with E-state index in [1.54, 1.807) is 6.07 Å². The highest BCUT2D eigenvalue weighted by Gasteiger charge is 2.22. The minimum absolute atomic E-state index is 0.0633. The molecule has 3 aromatic rings. The van der Waals surface area contributed by atoms with E-state index >= 15 is 0 Å². The lowest BCUT2D eigenvalue weighted by Crippen LogP contribution is -2.38. The van der Waals surface area contributed by atoms with Crippen molar-refractivity contribution in [1.82, 2.24) is 10.3 Å². The summed E-state index contributed by atoms with van der Waals surface area (Å²) < 4.78 is 11.4. The van der Waals surface area contributed by atoms with Gasteiger partial charge < -0.3 is 19.8 Å². The third-order valence-corrected chi connectivity index (χ3v) is 6.06. The predicted octanol–water partition coefficient (Wildman–Crippen LogP) is 4.98. The van der Waals surface area contributed by atoms with Gasteiger partial charge in [-0.3, -0.25) is 0 Å². The van der Waals surface area contributed by atoms with Gasteiger partial charge in [-0.2, -0.15) is 0 Å². The van der Waals surface area contributed by atoms with Gasteiger partial charge in [0.25, 0.3) is 0 Å².